The van der Waals surface area contributed by atoms with E-state index in [1.54, 1.807) is 6.92 Å². The number of aromatic hydroxyl groups is 1. The molecular formula is C27H32O14. The second-order valence-corrected chi connectivity index (χ2v) is 10.5. The minimum absolute atomic E-state index is 0.193. The van der Waals surface area contributed by atoms with Gasteiger partial charge in [-0.05, 0) is 24.6 Å². The zero-order valence-electron chi connectivity index (χ0n) is 21.7. The molecule has 14 nitrogen and oxygen atoms in total. The quantitative estimate of drug-likeness (QED) is 0.165. The fourth-order valence-corrected chi connectivity index (χ4v) is 5.80. The van der Waals surface area contributed by atoms with Crippen LogP contribution in [0.4, 0.5) is 0 Å². The van der Waals surface area contributed by atoms with E-state index in [-0.39, 0.29) is 22.4 Å². The fourth-order valence-electron chi connectivity index (χ4n) is 5.80. The predicted octanol–water partition coefficient (Wildman–Crippen LogP) is -3.50. The zero-order valence-corrected chi connectivity index (χ0v) is 21.7. The molecule has 41 heavy (non-hydrogen) atoms. The maximum Gasteiger partial charge on any atom is 0.229 e. The summed E-state index contributed by atoms with van der Waals surface area (Å²) >= 11 is 0. The van der Waals surface area contributed by atoms with E-state index in [0.717, 1.165) is 0 Å². The normalized spacial score (nSPS) is 38.7. The van der Waals surface area contributed by atoms with Crippen molar-refractivity contribution in [3.05, 3.63) is 58.1 Å². The van der Waals surface area contributed by atoms with Crippen molar-refractivity contribution in [3.63, 3.8) is 0 Å². The highest BCUT2D eigenvalue weighted by atomic mass is 16.7. The lowest BCUT2D eigenvalue weighted by Crippen LogP contribution is -2.65. The van der Waals surface area contributed by atoms with E-state index in [4.69, 9.17) is 14.2 Å². The standard InChI is InChI=1S/C27H32O14/c1-9-5-11-16(12(30)6-9)20(33)17-10(27(11,38)25-23(36)21(34)18(31)14(7-28)39-25)3-2-4-13(17)40-26-24(37)22(35)19(32)15(8-29)41-26/h2-6,14-15,18-19,21-26,28-32,34-38H,7-8H2,1H3/t14-,15-,18-,19-,21+,22+,23-,24-,25-,26-,27-/m1/s1. The summed E-state index contributed by atoms with van der Waals surface area (Å²) in [5.74, 6) is -1.70. The lowest BCUT2D eigenvalue weighted by atomic mass is 9.68. The Labute approximate surface area is 232 Å². The van der Waals surface area contributed by atoms with Crippen LogP contribution in [0, 0.1) is 6.92 Å². The summed E-state index contributed by atoms with van der Waals surface area (Å²) in [5.41, 5.74) is -3.25. The van der Waals surface area contributed by atoms with E-state index in [2.05, 4.69) is 0 Å². The van der Waals surface area contributed by atoms with Gasteiger partial charge in [0.2, 0.25) is 12.1 Å². The van der Waals surface area contributed by atoms with Gasteiger partial charge in [-0.3, -0.25) is 4.79 Å². The number of ether oxygens (including phenoxy) is 3. The third-order valence-electron chi connectivity index (χ3n) is 7.96. The molecule has 2 aromatic rings. The number of rotatable bonds is 5. The van der Waals surface area contributed by atoms with E-state index in [0.29, 0.717) is 5.56 Å². The predicted molar refractivity (Wildman–Crippen MR) is 134 cm³/mol. The maximum absolute atomic E-state index is 13.9. The Morgan fingerprint density at radius 1 is 0.805 bits per heavy atom. The van der Waals surface area contributed by atoms with E-state index < -0.39 is 97.1 Å². The Morgan fingerprint density at radius 2 is 1.41 bits per heavy atom. The number of aliphatic hydroxyl groups excluding tert-OH is 8. The van der Waals surface area contributed by atoms with Crippen molar-refractivity contribution >= 4 is 5.78 Å². The van der Waals surface area contributed by atoms with E-state index >= 15 is 0 Å². The van der Waals surface area contributed by atoms with Crippen molar-refractivity contribution in [2.75, 3.05) is 13.2 Å². The van der Waals surface area contributed by atoms with Crippen molar-refractivity contribution in [3.8, 4) is 11.5 Å². The van der Waals surface area contributed by atoms with Crippen molar-refractivity contribution in [1.29, 1.82) is 0 Å². The summed E-state index contributed by atoms with van der Waals surface area (Å²) < 4.78 is 16.9. The molecule has 1 aliphatic carbocycles. The molecular weight excluding hydrogens is 548 g/mol. The molecule has 0 saturated carbocycles. The number of carbonyl (C=O) groups is 1. The Hall–Kier alpha value is -2.73. The minimum Gasteiger partial charge on any atom is -0.507 e. The molecule has 2 fully saturated rings. The number of phenolic OH excluding ortho intramolecular Hbond substituents is 1. The number of carbonyl (C=O) groups excluding carboxylic acids is 1. The van der Waals surface area contributed by atoms with Crippen molar-refractivity contribution in [1.82, 2.24) is 0 Å². The average Bonchev–Trinajstić information content (AvgIpc) is 2.94. The number of aliphatic hydroxyl groups is 9. The van der Waals surface area contributed by atoms with Crippen LogP contribution in [0.5, 0.6) is 11.5 Å². The highest BCUT2D eigenvalue weighted by molar-refractivity contribution is 6.16. The number of ketones is 1. The van der Waals surface area contributed by atoms with Gasteiger partial charge in [0.05, 0.1) is 24.3 Å². The molecule has 2 saturated heterocycles. The molecule has 0 radical (unpaired) electrons. The second-order valence-electron chi connectivity index (χ2n) is 10.5. The monoisotopic (exact) mass is 580 g/mol. The fraction of sp³-hybridized carbons (Fsp3) is 0.519. The summed E-state index contributed by atoms with van der Waals surface area (Å²) in [4.78, 5) is 13.9. The maximum atomic E-state index is 13.9. The van der Waals surface area contributed by atoms with Crippen LogP contribution in [0.3, 0.4) is 0 Å². The number of benzene rings is 2. The van der Waals surface area contributed by atoms with Gasteiger partial charge in [0.15, 0.2) is 0 Å². The Balaban J connectivity index is 1.68. The molecule has 5 rings (SSSR count). The van der Waals surface area contributed by atoms with Gasteiger partial charge in [0, 0.05) is 11.1 Å². The summed E-state index contributed by atoms with van der Waals surface area (Å²) in [6.07, 6.45) is -17.1. The van der Waals surface area contributed by atoms with Crippen LogP contribution in [0.25, 0.3) is 0 Å². The minimum atomic E-state index is -2.50. The molecule has 0 bridgehead atoms. The van der Waals surface area contributed by atoms with Crippen LogP contribution in [-0.4, -0.2) is 131 Å². The van der Waals surface area contributed by atoms with Crippen LogP contribution in [0.15, 0.2) is 30.3 Å². The molecule has 2 aromatic carbocycles. The lowest BCUT2D eigenvalue weighted by molar-refractivity contribution is -0.277. The van der Waals surface area contributed by atoms with Crippen LogP contribution in [0.1, 0.15) is 32.6 Å². The third-order valence-corrected chi connectivity index (χ3v) is 7.96. The summed E-state index contributed by atoms with van der Waals surface area (Å²) in [5, 5.41) is 105. The summed E-state index contributed by atoms with van der Waals surface area (Å²) in [6.45, 7) is 0.0376. The van der Waals surface area contributed by atoms with Crippen LogP contribution in [0.2, 0.25) is 0 Å². The first-order chi connectivity index (χ1) is 19.4. The third kappa shape index (κ3) is 4.52. The number of hydrogen-bond acceptors (Lipinski definition) is 14. The largest absolute Gasteiger partial charge is 0.507 e. The van der Waals surface area contributed by atoms with Gasteiger partial charge in [0.25, 0.3) is 0 Å². The first kappa shape index (κ1) is 29.8. The molecule has 11 atom stereocenters. The highest BCUT2D eigenvalue weighted by Gasteiger charge is 2.58. The van der Waals surface area contributed by atoms with Crippen molar-refractivity contribution in [2.45, 2.75) is 73.8 Å². The van der Waals surface area contributed by atoms with E-state index in [1.165, 1.54) is 30.3 Å². The van der Waals surface area contributed by atoms with Crippen molar-refractivity contribution in [2.24, 2.45) is 0 Å². The van der Waals surface area contributed by atoms with E-state index in [1.807, 2.05) is 0 Å². The highest BCUT2D eigenvalue weighted by Crippen LogP contribution is 2.50. The Morgan fingerprint density at radius 3 is 2.05 bits per heavy atom. The van der Waals surface area contributed by atoms with Crippen molar-refractivity contribution < 1.29 is 70.1 Å². The average molecular weight is 581 g/mol. The molecule has 14 heteroatoms. The van der Waals surface area contributed by atoms with Crippen LogP contribution < -0.4 is 4.74 Å². The van der Waals surface area contributed by atoms with Gasteiger partial charge in [0.1, 0.15) is 72.0 Å². The molecule has 0 amide bonds. The smallest absolute Gasteiger partial charge is 0.229 e. The lowest BCUT2D eigenvalue weighted by Gasteiger charge is -2.49. The van der Waals surface area contributed by atoms with Gasteiger partial charge in [-0.1, -0.05) is 18.2 Å². The van der Waals surface area contributed by atoms with Gasteiger partial charge in [-0.15, -0.1) is 0 Å². The molecule has 0 unspecified atom stereocenters. The SMILES string of the molecule is Cc1cc(O)c2c(c1)[C@@](O)([C@@H]1O[C@H](CO)[C@@H](O)[C@H](O)[C@H]1O)c1cccc(O[C@@H]3O[C@H](CO)[C@@H](O)[C@H](O)[C@H]3O)c1C2=O. The second kappa shape index (κ2) is 10.8. The van der Waals surface area contributed by atoms with Gasteiger partial charge in [-0.2, -0.15) is 0 Å². The molecule has 0 aromatic heterocycles. The van der Waals surface area contributed by atoms with Gasteiger partial charge < -0.3 is 65.3 Å². The molecule has 224 valence electrons. The van der Waals surface area contributed by atoms with E-state index in [9.17, 15) is 55.9 Å². The number of hydrogen-bond donors (Lipinski definition) is 10. The Bertz CT molecular complexity index is 1310. The number of fused-ring (bicyclic) bond motifs is 2. The number of phenols is 1. The first-order valence-electron chi connectivity index (χ1n) is 12.9. The molecule has 10 N–H and O–H groups in total. The van der Waals surface area contributed by atoms with Gasteiger partial charge >= 0.3 is 0 Å². The summed E-state index contributed by atoms with van der Waals surface area (Å²) in [6, 6.07) is 6.55. The molecule has 2 heterocycles. The molecule has 3 aliphatic rings. The summed E-state index contributed by atoms with van der Waals surface area (Å²) in [7, 11) is 0. The molecule has 2 aliphatic heterocycles. The van der Waals surface area contributed by atoms with Crippen LogP contribution in [-0.2, 0) is 15.1 Å². The topological polar surface area (TPSA) is 247 Å². The van der Waals surface area contributed by atoms with Gasteiger partial charge in [-0.25, -0.2) is 0 Å². The Kier molecular flexibility index (Phi) is 7.86. The zero-order chi connectivity index (χ0) is 30.0. The first-order valence-corrected chi connectivity index (χ1v) is 12.9. The number of aryl methyl sites for hydroxylation is 1. The van der Waals surface area contributed by atoms with Crippen LogP contribution >= 0.6 is 0 Å². The molecule has 0 spiro atoms.